The number of carboxylic acid groups (broad SMARTS) is 2. The molecule has 4 unspecified atom stereocenters. The maximum Gasteiger partial charge on any atom is 0.326 e. The van der Waals surface area contributed by atoms with E-state index in [1.54, 1.807) is 6.20 Å². The molecule has 2 aromatic rings. The molecule has 2 heterocycles. The molecule has 0 bridgehead atoms. The van der Waals surface area contributed by atoms with E-state index in [1.807, 2.05) is 24.3 Å². The quantitative estimate of drug-likeness (QED) is 0.0717. The predicted molar refractivity (Wildman–Crippen MR) is 153 cm³/mol. The van der Waals surface area contributed by atoms with Crippen LogP contribution in [0.4, 0.5) is 0 Å². The number of H-pyrrole nitrogens is 1. The average molecular weight is 587 g/mol. The Bertz CT molecular complexity index is 1320. The van der Waals surface area contributed by atoms with E-state index in [4.69, 9.17) is 17.2 Å². The van der Waals surface area contributed by atoms with Crippen molar-refractivity contribution >= 4 is 46.5 Å². The summed E-state index contributed by atoms with van der Waals surface area (Å²) >= 11 is 0. The van der Waals surface area contributed by atoms with E-state index >= 15 is 0 Å². The van der Waals surface area contributed by atoms with Crippen LogP contribution in [-0.4, -0.2) is 93.0 Å². The highest BCUT2D eigenvalue weighted by atomic mass is 16.4. The smallest absolute Gasteiger partial charge is 0.326 e. The normalized spacial score (nSPS) is 16.8. The van der Waals surface area contributed by atoms with E-state index in [9.17, 15) is 34.2 Å². The monoisotopic (exact) mass is 586 g/mol. The first kappa shape index (κ1) is 31.9. The number of aliphatic imine (C=N–C) groups is 1. The molecule has 15 nitrogen and oxygen atoms in total. The maximum absolute atomic E-state index is 13.3. The number of aromatic amines is 1. The number of carbonyl (C=O) groups is 5. The Labute approximate surface area is 241 Å². The first-order valence-electron chi connectivity index (χ1n) is 13.7. The van der Waals surface area contributed by atoms with Crippen molar-refractivity contribution in [2.45, 2.75) is 69.1 Å². The minimum atomic E-state index is -1.34. The summed E-state index contributed by atoms with van der Waals surface area (Å²) in [4.78, 5) is 71.0. The molecule has 0 saturated carbocycles. The van der Waals surface area contributed by atoms with Gasteiger partial charge in [0.05, 0.1) is 6.04 Å². The number of amides is 3. The minimum absolute atomic E-state index is 0.0450. The fraction of sp³-hybridized carbons (Fsp3) is 0.481. The standard InChI is InChI=1S/C27H38N8O7/c28-17(6-3-11-31-27(29)30)25(40)35-12-4-8-21(35)24(39)33-19(9-10-22(36)37)23(38)34-20(26(41)42)13-15-14-32-18-7-2-1-5-16(15)18/h1-2,5,7,14,17,19-21,32H,3-4,6,8-13,28H2,(H,33,39)(H,34,38)(H,36,37)(H,41,42)(H4,29,30,31). The second-order valence-electron chi connectivity index (χ2n) is 10.2. The van der Waals surface area contributed by atoms with Gasteiger partial charge in [0.2, 0.25) is 17.7 Å². The SMILES string of the molecule is NC(N)=NCCCC(N)C(=O)N1CCCC1C(=O)NC(CCC(=O)O)C(=O)NC(Cc1c[nH]c2ccccc12)C(=O)O. The molecule has 1 saturated heterocycles. The third-order valence-corrected chi connectivity index (χ3v) is 7.12. The lowest BCUT2D eigenvalue weighted by Gasteiger charge is -2.28. The van der Waals surface area contributed by atoms with E-state index in [0.717, 1.165) is 10.9 Å². The van der Waals surface area contributed by atoms with Crippen LogP contribution in [0.25, 0.3) is 10.9 Å². The number of guanidine groups is 1. The maximum atomic E-state index is 13.3. The zero-order valence-electron chi connectivity index (χ0n) is 23.1. The van der Waals surface area contributed by atoms with E-state index in [-0.39, 0.29) is 31.8 Å². The van der Waals surface area contributed by atoms with Crippen LogP contribution in [0.5, 0.6) is 0 Å². The van der Waals surface area contributed by atoms with E-state index in [2.05, 4.69) is 20.6 Å². The number of benzene rings is 1. The van der Waals surface area contributed by atoms with Gasteiger partial charge in [-0.05, 0) is 43.7 Å². The molecule has 4 atom stereocenters. The van der Waals surface area contributed by atoms with Gasteiger partial charge >= 0.3 is 11.9 Å². The Morgan fingerprint density at radius 3 is 2.50 bits per heavy atom. The van der Waals surface area contributed by atoms with Crippen LogP contribution in [0.15, 0.2) is 35.5 Å². The first-order valence-corrected chi connectivity index (χ1v) is 13.7. The number of rotatable bonds is 15. The first-order chi connectivity index (χ1) is 20.0. The number of likely N-dealkylation sites (tertiary alicyclic amines) is 1. The molecule has 11 N–H and O–H groups in total. The molecule has 228 valence electrons. The van der Waals surface area contributed by atoms with Crippen LogP contribution in [0.3, 0.4) is 0 Å². The Morgan fingerprint density at radius 2 is 1.81 bits per heavy atom. The van der Waals surface area contributed by atoms with Gasteiger partial charge in [0.1, 0.15) is 18.1 Å². The summed E-state index contributed by atoms with van der Waals surface area (Å²) in [6.07, 6.45) is 2.48. The lowest BCUT2D eigenvalue weighted by atomic mass is 10.0. The summed E-state index contributed by atoms with van der Waals surface area (Å²) in [5, 5.41) is 24.8. The van der Waals surface area contributed by atoms with E-state index in [1.165, 1.54) is 4.90 Å². The Hall–Kier alpha value is -4.66. The fourth-order valence-corrected chi connectivity index (χ4v) is 4.96. The fourth-order valence-electron chi connectivity index (χ4n) is 4.96. The van der Waals surface area contributed by atoms with Crippen LogP contribution in [0.1, 0.15) is 44.1 Å². The molecule has 1 aromatic carbocycles. The number of nitrogens with zero attached hydrogens (tertiary/aromatic N) is 2. The van der Waals surface area contributed by atoms with Gasteiger partial charge < -0.3 is 47.9 Å². The number of aliphatic carboxylic acids is 2. The third kappa shape index (κ3) is 8.67. The summed E-state index contributed by atoms with van der Waals surface area (Å²) in [5.41, 5.74) is 18.1. The molecule has 42 heavy (non-hydrogen) atoms. The molecule has 0 radical (unpaired) electrons. The topological polar surface area (TPSA) is 259 Å². The molecule has 1 aliphatic heterocycles. The van der Waals surface area contributed by atoms with Gasteiger partial charge in [0.15, 0.2) is 5.96 Å². The van der Waals surface area contributed by atoms with Gasteiger partial charge in [-0.2, -0.15) is 0 Å². The number of carbonyl (C=O) groups excluding carboxylic acids is 3. The molecule has 1 fully saturated rings. The van der Waals surface area contributed by atoms with Gasteiger partial charge in [-0.25, -0.2) is 4.79 Å². The third-order valence-electron chi connectivity index (χ3n) is 7.12. The summed E-state index contributed by atoms with van der Waals surface area (Å²) in [6, 6.07) is 2.80. The van der Waals surface area contributed by atoms with Crippen molar-refractivity contribution in [2.75, 3.05) is 13.1 Å². The summed E-state index contributed by atoms with van der Waals surface area (Å²) in [5.74, 6) is -4.49. The number of hydrogen-bond acceptors (Lipinski definition) is 7. The van der Waals surface area contributed by atoms with Crippen molar-refractivity contribution in [3.05, 3.63) is 36.0 Å². The predicted octanol–water partition coefficient (Wildman–Crippen LogP) is -0.999. The van der Waals surface area contributed by atoms with Crippen molar-refractivity contribution in [1.29, 1.82) is 0 Å². The largest absolute Gasteiger partial charge is 0.481 e. The van der Waals surface area contributed by atoms with Crippen molar-refractivity contribution in [2.24, 2.45) is 22.2 Å². The zero-order valence-corrected chi connectivity index (χ0v) is 23.1. The van der Waals surface area contributed by atoms with Crippen LogP contribution in [0.2, 0.25) is 0 Å². The molecule has 3 rings (SSSR count). The van der Waals surface area contributed by atoms with E-state index in [0.29, 0.717) is 31.4 Å². The second kappa shape index (κ2) is 14.8. The Balaban J connectivity index is 1.68. The highest BCUT2D eigenvalue weighted by Gasteiger charge is 2.38. The Kier molecular flexibility index (Phi) is 11.2. The average Bonchev–Trinajstić information content (AvgIpc) is 3.60. The summed E-state index contributed by atoms with van der Waals surface area (Å²) < 4.78 is 0. The van der Waals surface area contributed by atoms with Gasteiger partial charge in [-0.3, -0.25) is 24.2 Å². The summed E-state index contributed by atoms with van der Waals surface area (Å²) in [6.45, 7) is 0.585. The lowest BCUT2D eigenvalue weighted by Crippen LogP contribution is -2.56. The molecule has 0 aliphatic carbocycles. The van der Waals surface area contributed by atoms with Crippen LogP contribution < -0.4 is 27.8 Å². The van der Waals surface area contributed by atoms with Crippen molar-refractivity contribution in [3.8, 4) is 0 Å². The number of hydrogen-bond donors (Lipinski definition) is 8. The lowest BCUT2D eigenvalue weighted by molar-refractivity contribution is -0.143. The van der Waals surface area contributed by atoms with Gasteiger partial charge in [-0.15, -0.1) is 0 Å². The number of nitrogens with two attached hydrogens (primary N) is 3. The van der Waals surface area contributed by atoms with Crippen molar-refractivity contribution < 1.29 is 34.2 Å². The Morgan fingerprint density at radius 1 is 1.07 bits per heavy atom. The molecule has 15 heteroatoms. The van der Waals surface area contributed by atoms with Crippen molar-refractivity contribution in [1.82, 2.24) is 20.5 Å². The van der Waals surface area contributed by atoms with Crippen LogP contribution in [-0.2, 0) is 30.4 Å². The zero-order chi connectivity index (χ0) is 30.8. The number of aromatic nitrogens is 1. The van der Waals surface area contributed by atoms with Crippen LogP contribution >= 0.6 is 0 Å². The number of carboxylic acids is 2. The van der Waals surface area contributed by atoms with E-state index < -0.39 is 60.2 Å². The van der Waals surface area contributed by atoms with Gasteiger partial charge in [0.25, 0.3) is 0 Å². The highest BCUT2D eigenvalue weighted by molar-refractivity contribution is 5.95. The molecule has 1 aliphatic rings. The molecule has 1 aromatic heterocycles. The molecular formula is C27H38N8O7. The second-order valence-corrected chi connectivity index (χ2v) is 10.2. The van der Waals surface area contributed by atoms with Crippen LogP contribution in [0, 0.1) is 0 Å². The number of fused-ring (bicyclic) bond motifs is 1. The minimum Gasteiger partial charge on any atom is -0.481 e. The van der Waals surface area contributed by atoms with Gasteiger partial charge in [0, 0.05) is 43.0 Å². The molecular weight excluding hydrogens is 548 g/mol. The summed E-state index contributed by atoms with van der Waals surface area (Å²) in [7, 11) is 0. The molecule has 0 spiro atoms. The van der Waals surface area contributed by atoms with Gasteiger partial charge in [-0.1, -0.05) is 18.2 Å². The highest BCUT2D eigenvalue weighted by Crippen LogP contribution is 2.21. The number of para-hydroxylation sites is 1. The molecule has 3 amide bonds. The van der Waals surface area contributed by atoms with Crippen molar-refractivity contribution in [3.63, 3.8) is 0 Å². The number of nitrogens with one attached hydrogen (secondary N) is 3.